The van der Waals surface area contributed by atoms with Crippen molar-refractivity contribution in [2.24, 2.45) is 4.36 Å². The second-order valence-electron chi connectivity index (χ2n) is 4.39. The minimum absolute atomic E-state index is 0.0407. The SMILES string of the molecule is Cc1cc(-n2nc(C)n(C(F)F)c2=O)c(Cl)c(N=S(=O)=O)c1Cl. The molecule has 7 nitrogen and oxygen atoms in total. The monoisotopic (exact) mass is 384 g/mol. The van der Waals surface area contributed by atoms with E-state index >= 15 is 0 Å². The Labute approximate surface area is 139 Å². The molecule has 0 spiro atoms. The van der Waals surface area contributed by atoms with Gasteiger partial charge in [-0.15, -0.1) is 9.46 Å². The summed E-state index contributed by atoms with van der Waals surface area (Å²) in [6, 6.07) is 1.32. The second kappa shape index (κ2) is 6.38. The quantitative estimate of drug-likeness (QED) is 0.813. The third-order valence-electron chi connectivity index (χ3n) is 2.91. The van der Waals surface area contributed by atoms with Gasteiger partial charge in [-0.2, -0.15) is 21.9 Å². The summed E-state index contributed by atoms with van der Waals surface area (Å²) >= 11 is 12.0. The predicted molar refractivity (Wildman–Crippen MR) is 79.6 cm³/mol. The Balaban J connectivity index is 2.86. The molecule has 0 radical (unpaired) electrons. The van der Waals surface area contributed by atoms with Crippen LogP contribution < -0.4 is 5.69 Å². The molecule has 2 rings (SSSR count). The van der Waals surface area contributed by atoms with Crippen molar-refractivity contribution in [3.05, 3.63) is 38.0 Å². The van der Waals surface area contributed by atoms with Crippen molar-refractivity contribution in [1.82, 2.24) is 14.3 Å². The van der Waals surface area contributed by atoms with Gasteiger partial charge in [-0.3, -0.25) is 0 Å². The van der Waals surface area contributed by atoms with Crippen LogP contribution in [0, 0.1) is 13.8 Å². The number of aryl methyl sites for hydroxylation is 2. The highest BCUT2D eigenvalue weighted by Crippen LogP contribution is 2.39. The Morgan fingerprint density at radius 1 is 1.26 bits per heavy atom. The molecule has 1 heterocycles. The Kier molecular flexibility index (Phi) is 4.87. The van der Waals surface area contributed by atoms with Crippen molar-refractivity contribution in [1.29, 1.82) is 0 Å². The van der Waals surface area contributed by atoms with Crippen LogP contribution >= 0.6 is 23.2 Å². The standard InChI is InChI=1S/C11H8Cl2F2N4O3S/c1-4-3-6(8(13)9(7(4)12)17-23(21)22)19-11(20)18(10(14)15)5(2)16-19/h3,10H,1-2H3. The summed E-state index contributed by atoms with van der Waals surface area (Å²) in [6.45, 7) is -0.350. The first-order chi connectivity index (χ1) is 10.6. The van der Waals surface area contributed by atoms with Crippen molar-refractivity contribution in [2.75, 3.05) is 0 Å². The maximum absolute atomic E-state index is 12.9. The maximum atomic E-state index is 12.9. The van der Waals surface area contributed by atoms with Crippen LogP contribution in [0.15, 0.2) is 15.2 Å². The number of hydrogen-bond donors (Lipinski definition) is 0. The van der Waals surface area contributed by atoms with Gasteiger partial charge in [-0.05, 0) is 25.5 Å². The van der Waals surface area contributed by atoms with Crippen LogP contribution in [-0.2, 0) is 10.5 Å². The first-order valence-corrected chi connectivity index (χ1v) is 7.70. The lowest BCUT2D eigenvalue weighted by atomic mass is 10.2. The Morgan fingerprint density at radius 3 is 2.35 bits per heavy atom. The van der Waals surface area contributed by atoms with Gasteiger partial charge < -0.3 is 0 Å². The molecule has 124 valence electrons. The highest BCUT2D eigenvalue weighted by molar-refractivity contribution is 7.61. The van der Waals surface area contributed by atoms with Gasteiger partial charge in [0.05, 0.1) is 15.7 Å². The number of nitrogens with zero attached hydrogens (tertiary/aromatic N) is 4. The highest BCUT2D eigenvalue weighted by Gasteiger charge is 2.22. The molecule has 0 unspecified atom stereocenters. The first kappa shape index (κ1) is 17.6. The Bertz CT molecular complexity index is 974. The van der Waals surface area contributed by atoms with Crippen LogP contribution in [0.4, 0.5) is 14.5 Å². The topological polar surface area (TPSA) is 86.3 Å². The fraction of sp³-hybridized carbons (Fsp3) is 0.273. The molecule has 0 saturated heterocycles. The van der Waals surface area contributed by atoms with Gasteiger partial charge in [-0.1, -0.05) is 23.2 Å². The lowest BCUT2D eigenvalue weighted by Gasteiger charge is -2.09. The summed E-state index contributed by atoms with van der Waals surface area (Å²) in [5.74, 6) is -0.237. The average molecular weight is 385 g/mol. The van der Waals surface area contributed by atoms with E-state index in [-0.39, 0.29) is 31.8 Å². The van der Waals surface area contributed by atoms with Gasteiger partial charge in [0.25, 0.3) is 0 Å². The predicted octanol–water partition coefficient (Wildman–Crippen LogP) is 3.05. The minimum atomic E-state index is -3.08. The fourth-order valence-electron chi connectivity index (χ4n) is 1.90. The molecular formula is C11H8Cl2F2N4O3S. The smallest absolute Gasteiger partial charge is 0.245 e. The van der Waals surface area contributed by atoms with Crippen molar-refractivity contribution < 1.29 is 17.2 Å². The van der Waals surface area contributed by atoms with Crippen LogP contribution in [0.5, 0.6) is 0 Å². The highest BCUT2D eigenvalue weighted by atomic mass is 35.5. The number of alkyl halides is 2. The van der Waals surface area contributed by atoms with Crippen molar-refractivity contribution >= 4 is 39.4 Å². The fourth-order valence-corrected chi connectivity index (χ4v) is 2.85. The van der Waals surface area contributed by atoms with Crippen LogP contribution in [-0.4, -0.2) is 22.8 Å². The Morgan fingerprint density at radius 2 is 1.87 bits per heavy atom. The van der Waals surface area contributed by atoms with E-state index in [1.165, 1.54) is 19.9 Å². The zero-order valence-corrected chi connectivity index (χ0v) is 13.9. The summed E-state index contributed by atoms with van der Waals surface area (Å²) in [4.78, 5) is 12.1. The maximum Gasteiger partial charge on any atom is 0.355 e. The molecule has 12 heteroatoms. The molecule has 1 aromatic carbocycles. The van der Waals surface area contributed by atoms with Gasteiger partial charge in [0.15, 0.2) is 0 Å². The molecule has 0 aliphatic rings. The third kappa shape index (κ3) is 3.14. The molecule has 0 amide bonds. The molecule has 0 bridgehead atoms. The normalized spacial score (nSPS) is 11.1. The number of benzene rings is 1. The van der Waals surface area contributed by atoms with Crippen LogP contribution in [0.3, 0.4) is 0 Å². The van der Waals surface area contributed by atoms with Crippen LogP contribution in [0.2, 0.25) is 10.0 Å². The van der Waals surface area contributed by atoms with Gasteiger partial charge in [-0.25, -0.2) is 9.36 Å². The van der Waals surface area contributed by atoms with E-state index in [4.69, 9.17) is 23.2 Å². The van der Waals surface area contributed by atoms with E-state index in [9.17, 15) is 22.0 Å². The summed E-state index contributed by atoms with van der Waals surface area (Å²) in [6.07, 6.45) is 0. The molecule has 0 aliphatic heterocycles. The lowest BCUT2D eigenvalue weighted by Crippen LogP contribution is -2.25. The molecule has 0 fully saturated rings. The number of hydrogen-bond acceptors (Lipinski definition) is 5. The van der Waals surface area contributed by atoms with E-state index in [1.54, 1.807) is 0 Å². The minimum Gasteiger partial charge on any atom is -0.245 e. The molecule has 1 aromatic heterocycles. The van der Waals surface area contributed by atoms with Crippen LogP contribution in [0.25, 0.3) is 5.69 Å². The van der Waals surface area contributed by atoms with Crippen molar-refractivity contribution in [2.45, 2.75) is 20.4 Å². The largest absolute Gasteiger partial charge is 0.355 e. The average Bonchev–Trinajstić information content (AvgIpc) is 2.73. The zero-order chi connectivity index (χ0) is 17.5. The zero-order valence-electron chi connectivity index (χ0n) is 11.6. The number of halogens is 4. The lowest BCUT2D eigenvalue weighted by molar-refractivity contribution is 0.0640. The van der Waals surface area contributed by atoms with Gasteiger partial charge >= 0.3 is 22.7 Å². The molecule has 2 aromatic rings. The first-order valence-electron chi connectivity index (χ1n) is 5.91. The molecule has 0 atom stereocenters. The van der Waals surface area contributed by atoms with E-state index in [1.807, 2.05) is 0 Å². The van der Waals surface area contributed by atoms with E-state index in [2.05, 4.69) is 9.46 Å². The van der Waals surface area contributed by atoms with Gasteiger partial charge in [0.1, 0.15) is 11.5 Å². The molecule has 0 aliphatic carbocycles. The van der Waals surface area contributed by atoms with Gasteiger partial charge in [0, 0.05) is 0 Å². The number of aromatic nitrogens is 3. The van der Waals surface area contributed by atoms with E-state index < -0.39 is 22.7 Å². The van der Waals surface area contributed by atoms with E-state index in [0.717, 1.165) is 0 Å². The number of rotatable bonds is 3. The summed E-state index contributed by atoms with van der Waals surface area (Å²) in [7, 11) is -2.85. The van der Waals surface area contributed by atoms with Crippen molar-refractivity contribution in [3.8, 4) is 5.69 Å². The van der Waals surface area contributed by atoms with Crippen LogP contribution in [0.1, 0.15) is 17.9 Å². The van der Waals surface area contributed by atoms with E-state index in [0.29, 0.717) is 10.2 Å². The summed E-state index contributed by atoms with van der Waals surface area (Å²) < 4.78 is 51.4. The molecule has 0 saturated carbocycles. The molecular weight excluding hydrogens is 377 g/mol. The second-order valence-corrected chi connectivity index (χ2v) is 5.76. The van der Waals surface area contributed by atoms with Crippen molar-refractivity contribution in [3.63, 3.8) is 0 Å². The third-order valence-corrected chi connectivity index (χ3v) is 4.09. The van der Waals surface area contributed by atoms with Gasteiger partial charge in [0.2, 0.25) is 0 Å². The summed E-state index contributed by atoms with van der Waals surface area (Å²) in [5.41, 5.74) is -1.19. The summed E-state index contributed by atoms with van der Waals surface area (Å²) in [5, 5.41) is 3.38. The molecule has 23 heavy (non-hydrogen) atoms. The molecule has 0 N–H and O–H groups in total. The Hall–Kier alpha value is -1.78.